The minimum absolute atomic E-state index is 0. The second-order valence-electron chi connectivity index (χ2n) is 6.72. The Hall–Kier alpha value is -1.98. The maximum Gasteiger partial charge on any atom is 0.166 e. The molecule has 0 saturated carbocycles. The smallest absolute Gasteiger partial charge is 0.166 e. The monoisotopic (exact) mass is 483 g/mol. The zero-order valence-electron chi connectivity index (χ0n) is 17.2. The molecule has 0 aliphatic rings. The highest BCUT2D eigenvalue weighted by molar-refractivity contribution is 6.35. The van der Waals surface area contributed by atoms with Crippen LogP contribution in [0, 0.1) is 5.82 Å². The Morgan fingerprint density at radius 1 is 0.903 bits per heavy atom. The molecule has 3 aromatic rings. The maximum absolute atomic E-state index is 14.0. The fraction of sp³-hybridized carbons (Fsp3) is 0.250. The van der Waals surface area contributed by atoms with Gasteiger partial charge in [-0.05, 0) is 49.7 Å². The zero-order chi connectivity index (χ0) is 21.3. The van der Waals surface area contributed by atoms with E-state index in [9.17, 15) is 4.39 Å². The van der Waals surface area contributed by atoms with Crippen molar-refractivity contribution in [1.82, 2.24) is 5.32 Å². The molecule has 0 unspecified atom stereocenters. The summed E-state index contributed by atoms with van der Waals surface area (Å²) in [6.45, 7) is 3.87. The second-order valence-corrected chi connectivity index (χ2v) is 7.56. The minimum atomic E-state index is -0.286. The summed E-state index contributed by atoms with van der Waals surface area (Å²) in [6.07, 6.45) is 0.770. The summed E-state index contributed by atoms with van der Waals surface area (Å²) in [5.41, 5.74) is 2.48. The molecule has 0 heterocycles. The first-order valence-corrected chi connectivity index (χ1v) is 10.6. The van der Waals surface area contributed by atoms with Crippen LogP contribution in [0.2, 0.25) is 10.0 Å². The van der Waals surface area contributed by atoms with Gasteiger partial charge in [0.05, 0.1) is 6.61 Å². The van der Waals surface area contributed by atoms with E-state index in [0.717, 1.165) is 24.1 Å². The van der Waals surface area contributed by atoms with Crippen molar-refractivity contribution >= 4 is 35.6 Å². The van der Waals surface area contributed by atoms with Gasteiger partial charge in [0.15, 0.2) is 11.5 Å². The van der Waals surface area contributed by atoms with Gasteiger partial charge in [0.1, 0.15) is 12.4 Å². The molecule has 0 aliphatic heterocycles. The van der Waals surface area contributed by atoms with Crippen molar-refractivity contribution in [3.63, 3.8) is 0 Å². The van der Waals surface area contributed by atoms with E-state index in [1.54, 1.807) is 24.3 Å². The quantitative estimate of drug-likeness (QED) is 0.319. The molecule has 0 amide bonds. The molecule has 31 heavy (non-hydrogen) atoms. The summed E-state index contributed by atoms with van der Waals surface area (Å²) in [5.74, 6) is 0.986. The number of rotatable bonds is 10. The largest absolute Gasteiger partial charge is 0.490 e. The normalized spacial score (nSPS) is 10.5. The van der Waals surface area contributed by atoms with Crippen LogP contribution in [0.15, 0.2) is 60.7 Å². The van der Waals surface area contributed by atoms with Gasteiger partial charge < -0.3 is 14.8 Å². The average Bonchev–Trinajstić information content (AvgIpc) is 2.73. The first-order chi connectivity index (χ1) is 14.6. The Bertz CT molecular complexity index is 985. The molecule has 0 bridgehead atoms. The molecule has 1 N–H and O–H groups in total. The summed E-state index contributed by atoms with van der Waals surface area (Å²) >= 11 is 12.2. The first kappa shape index (κ1) is 25.3. The van der Waals surface area contributed by atoms with Crippen molar-refractivity contribution in [3.8, 4) is 11.5 Å². The predicted octanol–water partition coefficient (Wildman–Crippen LogP) is 6.86. The molecular formula is C24H25Cl3FNO2. The van der Waals surface area contributed by atoms with Gasteiger partial charge in [-0.2, -0.15) is 0 Å². The lowest BCUT2D eigenvalue weighted by Crippen LogP contribution is -2.17. The molecule has 3 rings (SSSR count). The standard InChI is InChI=1S/C24H24Cl2FNO2.ClH/c1-2-29-23-9-5-7-18(24(23)30-16-19-6-3-4-8-22(19)27)15-28-13-12-17-10-11-20(25)14-21(17)26;/h3-11,14,28H,2,12-13,15-16H2,1H3;1H. The van der Waals surface area contributed by atoms with Crippen molar-refractivity contribution < 1.29 is 13.9 Å². The topological polar surface area (TPSA) is 30.5 Å². The van der Waals surface area contributed by atoms with Gasteiger partial charge in [-0.25, -0.2) is 4.39 Å². The average molecular weight is 485 g/mol. The Morgan fingerprint density at radius 2 is 1.68 bits per heavy atom. The van der Waals surface area contributed by atoms with Crippen LogP contribution in [0.4, 0.5) is 4.39 Å². The number of hydrogen-bond donors (Lipinski definition) is 1. The second kappa shape index (κ2) is 12.8. The van der Waals surface area contributed by atoms with E-state index >= 15 is 0 Å². The summed E-state index contributed by atoms with van der Waals surface area (Å²) in [7, 11) is 0. The van der Waals surface area contributed by atoms with Crippen molar-refractivity contribution in [2.24, 2.45) is 0 Å². The summed E-state index contributed by atoms with van der Waals surface area (Å²) in [6, 6.07) is 17.9. The summed E-state index contributed by atoms with van der Waals surface area (Å²) in [4.78, 5) is 0. The highest BCUT2D eigenvalue weighted by Gasteiger charge is 2.12. The van der Waals surface area contributed by atoms with Crippen LogP contribution in [0.1, 0.15) is 23.6 Å². The molecule has 0 spiro atoms. The third kappa shape index (κ3) is 7.29. The van der Waals surface area contributed by atoms with Crippen LogP contribution in [0.3, 0.4) is 0 Å². The summed E-state index contributed by atoms with van der Waals surface area (Å²) < 4.78 is 25.7. The molecule has 3 nitrogen and oxygen atoms in total. The number of para-hydroxylation sites is 1. The highest BCUT2D eigenvalue weighted by atomic mass is 35.5. The molecule has 7 heteroatoms. The van der Waals surface area contributed by atoms with Crippen LogP contribution in [-0.4, -0.2) is 13.2 Å². The molecule has 0 aromatic heterocycles. The van der Waals surface area contributed by atoms with Crippen LogP contribution >= 0.6 is 35.6 Å². The molecule has 0 radical (unpaired) electrons. The number of halogens is 4. The highest BCUT2D eigenvalue weighted by Crippen LogP contribution is 2.32. The van der Waals surface area contributed by atoms with Gasteiger partial charge in [-0.1, -0.05) is 59.6 Å². The van der Waals surface area contributed by atoms with E-state index in [1.807, 2.05) is 37.3 Å². The Balaban J connectivity index is 0.00000341. The fourth-order valence-electron chi connectivity index (χ4n) is 3.07. The zero-order valence-corrected chi connectivity index (χ0v) is 19.5. The van der Waals surface area contributed by atoms with Gasteiger partial charge in [-0.15, -0.1) is 12.4 Å². The lowest BCUT2D eigenvalue weighted by atomic mass is 10.1. The number of nitrogens with one attached hydrogen (secondary N) is 1. The fourth-order valence-corrected chi connectivity index (χ4v) is 3.57. The summed E-state index contributed by atoms with van der Waals surface area (Å²) in [5, 5.41) is 4.70. The van der Waals surface area contributed by atoms with Crippen LogP contribution in [0.5, 0.6) is 11.5 Å². The Kier molecular flexibility index (Phi) is 10.4. The van der Waals surface area contributed by atoms with E-state index in [2.05, 4.69) is 5.32 Å². The number of ether oxygens (including phenoxy) is 2. The van der Waals surface area contributed by atoms with Gasteiger partial charge in [-0.3, -0.25) is 0 Å². The van der Waals surface area contributed by atoms with E-state index in [-0.39, 0.29) is 24.8 Å². The van der Waals surface area contributed by atoms with E-state index in [0.29, 0.717) is 40.3 Å². The van der Waals surface area contributed by atoms with Gasteiger partial charge in [0, 0.05) is 27.7 Å². The van der Waals surface area contributed by atoms with Gasteiger partial charge in [0.2, 0.25) is 0 Å². The number of hydrogen-bond acceptors (Lipinski definition) is 3. The molecule has 0 aliphatic carbocycles. The molecular weight excluding hydrogens is 460 g/mol. The van der Waals surface area contributed by atoms with Crippen molar-refractivity contribution in [3.05, 3.63) is 93.2 Å². The van der Waals surface area contributed by atoms with Crippen molar-refractivity contribution in [2.45, 2.75) is 26.5 Å². The maximum atomic E-state index is 14.0. The van der Waals surface area contributed by atoms with Crippen molar-refractivity contribution in [1.29, 1.82) is 0 Å². The third-order valence-electron chi connectivity index (χ3n) is 4.59. The minimum Gasteiger partial charge on any atom is -0.490 e. The molecule has 166 valence electrons. The molecule has 0 saturated heterocycles. The van der Waals surface area contributed by atoms with Crippen LogP contribution in [0.25, 0.3) is 0 Å². The van der Waals surface area contributed by atoms with E-state index < -0.39 is 0 Å². The van der Waals surface area contributed by atoms with Gasteiger partial charge in [0.25, 0.3) is 0 Å². The van der Waals surface area contributed by atoms with Crippen LogP contribution < -0.4 is 14.8 Å². The van der Waals surface area contributed by atoms with Crippen LogP contribution in [-0.2, 0) is 19.6 Å². The molecule has 0 fully saturated rings. The molecule has 3 aromatic carbocycles. The van der Waals surface area contributed by atoms with E-state index in [4.69, 9.17) is 32.7 Å². The lowest BCUT2D eigenvalue weighted by molar-refractivity contribution is 0.262. The number of benzene rings is 3. The molecule has 0 atom stereocenters. The third-order valence-corrected chi connectivity index (χ3v) is 5.18. The van der Waals surface area contributed by atoms with Gasteiger partial charge >= 0.3 is 0 Å². The Labute approximate surface area is 198 Å². The SMILES string of the molecule is CCOc1cccc(CNCCc2ccc(Cl)cc2Cl)c1OCc1ccccc1F.Cl. The van der Waals surface area contributed by atoms with E-state index in [1.165, 1.54) is 6.07 Å². The predicted molar refractivity (Wildman–Crippen MR) is 127 cm³/mol. The Morgan fingerprint density at radius 3 is 2.42 bits per heavy atom. The first-order valence-electron chi connectivity index (χ1n) is 9.84. The van der Waals surface area contributed by atoms with Crippen molar-refractivity contribution in [2.75, 3.05) is 13.2 Å². The lowest BCUT2D eigenvalue weighted by Gasteiger charge is -2.17.